The Hall–Kier alpha value is -0.630. The Morgan fingerprint density at radius 2 is 2.45 bits per heavy atom. The van der Waals surface area contributed by atoms with Gasteiger partial charge in [-0.1, -0.05) is 6.08 Å². The van der Waals surface area contributed by atoms with Crippen molar-refractivity contribution >= 4 is 5.78 Å². The third-order valence-corrected chi connectivity index (χ3v) is 2.04. The molecule has 1 atom stereocenters. The molecule has 0 aromatic rings. The molecule has 0 aromatic carbocycles. The molecule has 2 heteroatoms. The van der Waals surface area contributed by atoms with Gasteiger partial charge in [-0.3, -0.25) is 4.79 Å². The molecule has 1 unspecified atom stereocenters. The van der Waals surface area contributed by atoms with Crippen LogP contribution in [0.25, 0.3) is 0 Å². The highest BCUT2D eigenvalue weighted by Gasteiger charge is 2.32. The lowest BCUT2D eigenvalue weighted by atomic mass is 9.90. The SMILES string of the molecule is CCOC1(C)CCC=CC1=O. The van der Waals surface area contributed by atoms with Crippen LogP contribution in [0.3, 0.4) is 0 Å². The number of ether oxygens (including phenoxy) is 1. The van der Waals surface area contributed by atoms with Gasteiger partial charge >= 0.3 is 0 Å². The maximum absolute atomic E-state index is 11.3. The molecule has 62 valence electrons. The minimum absolute atomic E-state index is 0.102. The molecule has 0 heterocycles. The van der Waals surface area contributed by atoms with Crippen molar-refractivity contribution in [3.63, 3.8) is 0 Å². The van der Waals surface area contributed by atoms with E-state index in [0.29, 0.717) is 6.61 Å². The highest BCUT2D eigenvalue weighted by molar-refractivity contribution is 5.97. The number of carbonyl (C=O) groups is 1. The predicted octanol–water partition coefficient (Wildman–Crippen LogP) is 1.70. The molecule has 0 radical (unpaired) electrons. The van der Waals surface area contributed by atoms with Crippen LogP contribution in [0.4, 0.5) is 0 Å². The van der Waals surface area contributed by atoms with E-state index in [-0.39, 0.29) is 5.78 Å². The van der Waals surface area contributed by atoms with Crippen LogP contribution in [-0.2, 0) is 9.53 Å². The number of allylic oxidation sites excluding steroid dienone is 1. The Morgan fingerprint density at radius 1 is 1.73 bits per heavy atom. The van der Waals surface area contributed by atoms with Gasteiger partial charge in [0.25, 0.3) is 0 Å². The van der Waals surface area contributed by atoms with E-state index < -0.39 is 5.60 Å². The highest BCUT2D eigenvalue weighted by atomic mass is 16.5. The zero-order valence-electron chi connectivity index (χ0n) is 7.09. The van der Waals surface area contributed by atoms with Crippen LogP contribution in [0.2, 0.25) is 0 Å². The van der Waals surface area contributed by atoms with E-state index >= 15 is 0 Å². The summed E-state index contributed by atoms with van der Waals surface area (Å²) in [5, 5.41) is 0. The summed E-state index contributed by atoms with van der Waals surface area (Å²) in [5.74, 6) is 0.102. The Labute approximate surface area is 67.2 Å². The monoisotopic (exact) mass is 154 g/mol. The third kappa shape index (κ3) is 1.69. The summed E-state index contributed by atoms with van der Waals surface area (Å²) in [7, 11) is 0. The van der Waals surface area contributed by atoms with E-state index in [2.05, 4.69) is 0 Å². The maximum atomic E-state index is 11.3. The van der Waals surface area contributed by atoms with Crippen molar-refractivity contribution in [2.24, 2.45) is 0 Å². The van der Waals surface area contributed by atoms with Crippen molar-refractivity contribution in [3.05, 3.63) is 12.2 Å². The molecule has 0 bridgehead atoms. The minimum atomic E-state index is -0.538. The van der Waals surface area contributed by atoms with Crippen molar-refractivity contribution in [1.29, 1.82) is 0 Å². The molecular weight excluding hydrogens is 140 g/mol. The van der Waals surface area contributed by atoms with Crippen LogP contribution >= 0.6 is 0 Å². The molecule has 1 rings (SSSR count). The molecule has 0 fully saturated rings. The number of ketones is 1. The van der Waals surface area contributed by atoms with E-state index in [4.69, 9.17) is 4.74 Å². The summed E-state index contributed by atoms with van der Waals surface area (Å²) in [6.07, 6.45) is 5.29. The summed E-state index contributed by atoms with van der Waals surface area (Å²) in [4.78, 5) is 11.3. The minimum Gasteiger partial charge on any atom is -0.367 e. The fourth-order valence-electron chi connectivity index (χ4n) is 1.31. The van der Waals surface area contributed by atoms with Crippen molar-refractivity contribution < 1.29 is 9.53 Å². The van der Waals surface area contributed by atoms with Gasteiger partial charge in [0.15, 0.2) is 5.78 Å². The van der Waals surface area contributed by atoms with Gasteiger partial charge in [0.05, 0.1) is 0 Å². The Bertz CT molecular complexity index is 184. The topological polar surface area (TPSA) is 26.3 Å². The van der Waals surface area contributed by atoms with Crippen LogP contribution in [0.1, 0.15) is 26.7 Å². The maximum Gasteiger partial charge on any atom is 0.186 e. The zero-order valence-corrected chi connectivity index (χ0v) is 7.09. The Balaban J connectivity index is 2.68. The van der Waals surface area contributed by atoms with Crippen LogP contribution in [0.15, 0.2) is 12.2 Å². The largest absolute Gasteiger partial charge is 0.367 e. The molecule has 0 amide bonds. The lowest BCUT2D eigenvalue weighted by Crippen LogP contribution is -2.38. The van der Waals surface area contributed by atoms with Crippen molar-refractivity contribution in [2.45, 2.75) is 32.3 Å². The van der Waals surface area contributed by atoms with E-state index in [1.54, 1.807) is 6.08 Å². The number of carbonyl (C=O) groups excluding carboxylic acids is 1. The molecular formula is C9H14O2. The first-order chi connectivity index (χ1) is 5.19. The van der Waals surface area contributed by atoms with Gasteiger partial charge in [0, 0.05) is 6.61 Å². The quantitative estimate of drug-likeness (QED) is 0.605. The number of rotatable bonds is 2. The highest BCUT2D eigenvalue weighted by Crippen LogP contribution is 2.23. The van der Waals surface area contributed by atoms with E-state index in [9.17, 15) is 4.79 Å². The molecule has 0 aromatic heterocycles. The molecule has 0 saturated heterocycles. The van der Waals surface area contributed by atoms with Crippen LogP contribution < -0.4 is 0 Å². The smallest absolute Gasteiger partial charge is 0.186 e. The van der Waals surface area contributed by atoms with Gasteiger partial charge in [0.2, 0.25) is 0 Å². The van der Waals surface area contributed by atoms with Gasteiger partial charge in [-0.2, -0.15) is 0 Å². The lowest BCUT2D eigenvalue weighted by Gasteiger charge is -2.28. The van der Waals surface area contributed by atoms with Crippen molar-refractivity contribution in [3.8, 4) is 0 Å². The molecule has 1 aliphatic carbocycles. The summed E-state index contributed by atoms with van der Waals surface area (Å²) in [5.41, 5.74) is -0.538. The first kappa shape index (κ1) is 8.47. The van der Waals surface area contributed by atoms with E-state index in [1.165, 1.54) is 0 Å². The molecule has 1 aliphatic rings. The lowest BCUT2D eigenvalue weighted by molar-refractivity contribution is -0.138. The normalized spacial score (nSPS) is 30.9. The van der Waals surface area contributed by atoms with E-state index in [0.717, 1.165) is 12.8 Å². The number of hydrogen-bond acceptors (Lipinski definition) is 2. The summed E-state index contributed by atoms with van der Waals surface area (Å²) < 4.78 is 5.38. The fraction of sp³-hybridized carbons (Fsp3) is 0.667. The molecule has 11 heavy (non-hydrogen) atoms. The Kier molecular flexibility index (Phi) is 2.45. The first-order valence-electron chi connectivity index (χ1n) is 4.04. The second kappa shape index (κ2) is 3.18. The van der Waals surface area contributed by atoms with Crippen LogP contribution in [0.5, 0.6) is 0 Å². The Morgan fingerprint density at radius 3 is 3.00 bits per heavy atom. The number of hydrogen-bond donors (Lipinski definition) is 0. The summed E-state index contributed by atoms with van der Waals surface area (Å²) in [6, 6.07) is 0. The van der Waals surface area contributed by atoms with Gasteiger partial charge in [0.1, 0.15) is 5.60 Å². The summed E-state index contributed by atoms with van der Waals surface area (Å²) >= 11 is 0. The second-order valence-corrected chi connectivity index (χ2v) is 2.97. The molecule has 0 N–H and O–H groups in total. The van der Waals surface area contributed by atoms with E-state index in [1.807, 2.05) is 19.9 Å². The standard InChI is InChI=1S/C9H14O2/c1-3-11-9(2)7-5-4-6-8(9)10/h4,6H,3,5,7H2,1-2H3. The first-order valence-corrected chi connectivity index (χ1v) is 4.04. The van der Waals surface area contributed by atoms with Gasteiger partial charge < -0.3 is 4.74 Å². The van der Waals surface area contributed by atoms with Crippen LogP contribution in [-0.4, -0.2) is 18.0 Å². The molecule has 0 saturated carbocycles. The average molecular weight is 154 g/mol. The zero-order chi connectivity index (χ0) is 8.32. The van der Waals surface area contributed by atoms with Crippen LogP contribution in [0, 0.1) is 0 Å². The van der Waals surface area contributed by atoms with Gasteiger partial charge in [-0.15, -0.1) is 0 Å². The van der Waals surface area contributed by atoms with Crippen molar-refractivity contribution in [2.75, 3.05) is 6.61 Å². The average Bonchev–Trinajstić information content (AvgIpc) is 1.96. The van der Waals surface area contributed by atoms with Crippen molar-refractivity contribution in [1.82, 2.24) is 0 Å². The van der Waals surface area contributed by atoms with Gasteiger partial charge in [-0.05, 0) is 32.8 Å². The molecule has 0 spiro atoms. The second-order valence-electron chi connectivity index (χ2n) is 2.97. The summed E-state index contributed by atoms with van der Waals surface area (Å²) in [6.45, 7) is 4.38. The predicted molar refractivity (Wildman–Crippen MR) is 43.4 cm³/mol. The fourth-order valence-corrected chi connectivity index (χ4v) is 1.31. The molecule has 0 aliphatic heterocycles. The van der Waals surface area contributed by atoms with Gasteiger partial charge in [-0.25, -0.2) is 0 Å². The third-order valence-electron chi connectivity index (χ3n) is 2.04. The molecule has 2 nitrogen and oxygen atoms in total.